The highest BCUT2D eigenvalue weighted by Gasteiger charge is 2.27. The van der Waals surface area contributed by atoms with E-state index >= 15 is 0 Å². The van der Waals surface area contributed by atoms with Crippen LogP contribution in [-0.4, -0.2) is 38.7 Å². The number of rotatable bonds is 4. The maximum Gasteiger partial charge on any atom is 0.254 e. The number of primary amides is 1. The van der Waals surface area contributed by atoms with Crippen molar-refractivity contribution in [3.63, 3.8) is 0 Å². The summed E-state index contributed by atoms with van der Waals surface area (Å²) in [7, 11) is 0. The number of hydrogen-bond acceptors (Lipinski definition) is 6. The summed E-state index contributed by atoms with van der Waals surface area (Å²) < 4.78 is 7.53. The lowest BCUT2D eigenvalue weighted by atomic mass is 9.85. The van der Waals surface area contributed by atoms with Crippen molar-refractivity contribution in [1.29, 1.82) is 0 Å². The largest absolute Gasteiger partial charge is 0.393 e. The summed E-state index contributed by atoms with van der Waals surface area (Å²) in [5.41, 5.74) is 5.15. The van der Waals surface area contributed by atoms with Crippen LogP contribution in [0.15, 0.2) is 6.20 Å². The third kappa shape index (κ3) is 4.79. The smallest absolute Gasteiger partial charge is 0.254 e. The lowest BCUT2D eigenvalue weighted by Crippen LogP contribution is -2.36. The lowest BCUT2D eigenvalue weighted by Gasteiger charge is -2.32. The quantitative estimate of drug-likeness (QED) is 0.671. The SMILES string of the molecule is [2H]CC(C)(C)Nc1ncc(C(N)=O)c(NC2CCC(C)C(O)C2)n1. The first kappa shape index (κ1) is 16.0. The molecular weight excluding hydrogens is 294 g/mol. The van der Waals surface area contributed by atoms with Gasteiger partial charge in [0.15, 0.2) is 0 Å². The van der Waals surface area contributed by atoms with E-state index in [1.165, 1.54) is 6.20 Å². The Bertz CT molecular complexity index is 596. The number of carbonyl (C=O) groups is 1. The molecule has 1 aliphatic rings. The van der Waals surface area contributed by atoms with Crippen molar-refractivity contribution in [1.82, 2.24) is 9.97 Å². The van der Waals surface area contributed by atoms with Crippen molar-refractivity contribution in [3.05, 3.63) is 11.8 Å². The molecule has 128 valence electrons. The van der Waals surface area contributed by atoms with E-state index in [-0.39, 0.29) is 30.5 Å². The van der Waals surface area contributed by atoms with E-state index < -0.39 is 11.4 Å². The number of carbonyl (C=O) groups excluding carboxylic acids is 1. The molecule has 23 heavy (non-hydrogen) atoms. The summed E-state index contributed by atoms with van der Waals surface area (Å²) in [6.45, 7) is 5.93. The Morgan fingerprint density at radius 1 is 1.52 bits per heavy atom. The lowest BCUT2D eigenvalue weighted by molar-refractivity contribution is 0.0739. The van der Waals surface area contributed by atoms with Crippen LogP contribution in [0.2, 0.25) is 0 Å². The van der Waals surface area contributed by atoms with Gasteiger partial charge in [0.25, 0.3) is 5.91 Å². The van der Waals surface area contributed by atoms with Crippen LogP contribution in [0.25, 0.3) is 0 Å². The zero-order chi connectivity index (χ0) is 17.9. The maximum atomic E-state index is 11.6. The van der Waals surface area contributed by atoms with Crippen molar-refractivity contribution >= 4 is 17.7 Å². The number of nitrogens with zero attached hydrogens (tertiary/aromatic N) is 2. The molecule has 1 heterocycles. The Kier molecular flexibility index (Phi) is 4.66. The number of nitrogens with one attached hydrogen (secondary N) is 2. The summed E-state index contributed by atoms with van der Waals surface area (Å²) in [5, 5.41) is 16.3. The molecule has 0 aliphatic heterocycles. The fourth-order valence-electron chi connectivity index (χ4n) is 2.66. The average molecular weight is 322 g/mol. The number of aliphatic hydroxyl groups excluding tert-OH is 1. The molecule has 0 bridgehead atoms. The van der Waals surface area contributed by atoms with Crippen LogP contribution in [0, 0.1) is 5.92 Å². The summed E-state index contributed by atoms with van der Waals surface area (Å²) >= 11 is 0. The zero-order valence-electron chi connectivity index (χ0n) is 15.0. The topological polar surface area (TPSA) is 113 Å². The number of anilines is 2. The third-order valence-electron chi connectivity index (χ3n) is 4.00. The number of amides is 1. The van der Waals surface area contributed by atoms with Gasteiger partial charge in [0.2, 0.25) is 5.95 Å². The maximum absolute atomic E-state index is 11.6. The van der Waals surface area contributed by atoms with E-state index in [0.717, 1.165) is 12.8 Å². The van der Waals surface area contributed by atoms with Crippen molar-refractivity contribution in [2.75, 3.05) is 10.6 Å². The second-order valence-corrected chi connectivity index (χ2v) is 7.03. The van der Waals surface area contributed by atoms with E-state index in [1.54, 1.807) is 0 Å². The van der Waals surface area contributed by atoms with Crippen LogP contribution in [0.5, 0.6) is 0 Å². The Labute approximate surface area is 138 Å². The minimum Gasteiger partial charge on any atom is -0.393 e. The van der Waals surface area contributed by atoms with Crippen molar-refractivity contribution in [2.24, 2.45) is 11.7 Å². The van der Waals surface area contributed by atoms with E-state index in [1.807, 2.05) is 20.8 Å². The highest BCUT2D eigenvalue weighted by Crippen LogP contribution is 2.27. The number of nitrogens with two attached hydrogens (primary N) is 1. The standard InChI is InChI=1S/C16H27N5O2/c1-9-5-6-10(7-12(9)22)19-14-11(13(17)23)8-18-15(20-14)21-16(2,3)4/h8-10,12,22H,5-7H2,1-4H3,(H2,17,23)(H2,18,19,20,21)/i2D. The number of aliphatic hydroxyl groups is 1. The molecule has 7 heteroatoms. The molecule has 3 atom stereocenters. The van der Waals surface area contributed by atoms with Gasteiger partial charge >= 0.3 is 0 Å². The molecule has 0 saturated heterocycles. The molecule has 3 unspecified atom stereocenters. The van der Waals surface area contributed by atoms with Crippen LogP contribution >= 0.6 is 0 Å². The number of aromatic nitrogens is 2. The van der Waals surface area contributed by atoms with Gasteiger partial charge in [-0.05, 0) is 45.9 Å². The van der Waals surface area contributed by atoms with E-state index in [2.05, 4.69) is 20.6 Å². The fraction of sp³-hybridized carbons (Fsp3) is 0.688. The first-order chi connectivity index (χ1) is 11.2. The highest BCUT2D eigenvalue weighted by molar-refractivity contribution is 5.97. The molecule has 1 saturated carbocycles. The first-order valence-electron chi connectivity index (χ1n) is 8.61. The highest BCUT2D eigenvalue weighted by atomic mass is 16.3. The summed E-state index contributed by atoms with van der Waals surface area (Å²) in [6.07, 6.45) is 3.43. The summed E-state index contributed by atoms with van der Waals surface area (Å²) in [5.74, 6) is 0.379. The van der Waals surface area contributed by atoms with Gasteiger partial charge in [-0.1, -0.05) is 6.92 Å². The van der Waals surface area contributed by atoms with Crippen LogP contribution in [0.3, 0.4) is 0 Å². The molecule has 1 aromatic heterocycles. The predicted molar refractivity (Wildman–Crippen MR) is 90.4 cm³/mol. The van der Waals surface area contributed by atoms with Crippen LogP contribution in [0.1, 0.15) is 58.7 Å². The molecule has 1 aliphatic carbocycles. The average Bonchev–Trinajstić information content (AvgIpc) is 2.50. The molecule has 1 fully saturated rings. The second kappa shape index (κ2) is 6.70. The molecular formula is C16H27N5O2. The van der Waals surface area contributed by atoms with E-state index in [4.69, 9.17) is 7.10 Å². The van der Waals surface area contributed by atoms with Crippen molar-refractivity contribution in [2.45, 2.75) is 64.6 Å². The van der Waals surface area contributed by atoms with Crippen LogP contribution in [-0.2, 0) is 0 Å². The van der Waals surface area contributed by atoms with Gasteiger partial charge in [0.1, 0.15) is 5.82 Å². The van der Waals surface area contributed by atoms with Crippen molar-refractivity contribution in [3.8, 4) is 0 Å². The summed E-state index contributed by atoms with van der Waals surface area (Å²) in [6, 6.07) is 0.0289. The molecule has 0 aromatic carbocycles. The zero-order valence-corrected chi connectivity index (χ0v) is 14.0. The molecule has 5 N–H and O–H groups in total. The minimum atomic E-state index is -0.603. The molecule has 1 aromatic rings. The van der Waals surface area contributed by atoms with Crippen LogP contribution < -0.4 is 16.4 Å². The normalized spacial score (nSPS) is 25.6. The molecule has 2 rings (SSSR count). The molecule has 0 spiro atoms. The summed E-state index contributed by atoms with van der Waals surface area (Å²) in [4.78, 5) is 20.1. The Morgan fingerprint density at radius 2 is 2.26 bits per heavy atom. The first-order valence-corrected chi connectivity index (χ1v) is 7.90. The van der Waals surface area contributed by atoms with Gasteiger partial charge < -0.3 is 21.5 Å². The Morgan fingerprint density at radius 3 is 2.87 bits per heavy atom. The monoisotopic (exact) mass is 322 g/mol. The third-order valence-corrected chi connectivity index (χ3v) is 4.00. The fourth-order valence-corrected chi connectivity index (χ4v) is 2.66. The predicted octanol–water partition coefficient (Wildman–Crippen LogP) is 1.75. The van der Waals surface area contributed by atoms with Gasteiger partial charge in [-0.2, -0.15) is 4.98 Å². The van der Waals surface area contributed by atoms with Gasteiger partial charge in [-0.15, -0.1) is 0 Å². The van der Waals surface area contributed by atoms with E-state index in [0.29, 0.717) is 18.2 Å². The van der Waals surface area contributed by atoms with Gasteiger partial charge in [-0.3, -0.25) is 4.79 Å². The second-order valence-electron chi connectivity index (χ2n) is 7.03. The Hall–Kier alpha value is -1.89. The van der Waals surface area contributed by atoms with Gasteiger partial charge in [-0.25, -0.2) is 4.98 Å². The minimum absolute atomic E-state index is 0.0289. The molecule has 0 radical (unpaired) electrons. The number of hydrogen-bond donors (Lipinski definition) is 4. The van der Waals surface area contributed by atoms with Gasteiger partial charge in [0.05, 0.1) is 11.7 Å². The van der Waals surface area contributed by atoms with E-state index in [9.17, 15) is 9.90 Å². The molecule has 7 nitrogen and oxygen atoms in total. The Balaban J connectivity index is 2.20. The van der Waals surface area contributed by atoms with Crippen LogP contribution in [0.4, 0.5) is 11.8 Å². The van der Waals surface area contributed by atoms with Crippen molar-refractivity contribution < 1.29 is 11.3 Å². The van der Waals surface area contributed by atoms with Gasteiger partial charge in [0, 0.05) is 19.1 Å². The molecule has 1 amide bonds.